The fourth-order valence-corrected chi connectivity index (χ4v) is 2.85. The summed E-state index contributed by atoms with van der Waals surface area (Å²) in [5.41, 5.74) is 0. The molecule has 6 heteroatoms. The van der Waals surface area contributed by atoms with E-state index >= 15 is 0 Å². The molecular weight excluding hydrogens is 294 g/mol. The van der Waals surface area contributed by atoms with Crippen molar-refractivity contribution in [3.8, 4) is 0 Å². The third-order valence-electron chi connectivity index (χ3n) is 2.17. The first-order valence-electron chi connectivity index (χ1n) is 4.69. The number of likely N-dealkylation sites (N-methyl/N-ethyl adjacent to an activating group) is 1. The van der Waals surface area contributed by atoms with Gasteiger partial charge in [0.1, 0.15) is 6.04 Å². The SMILES string of the molecule is COCC(C(=O)O)N(C)Cc1cc(Br)cs1. The molecule has 16 heavy (non-hydrogen) atoms. The summed E-state index contributed by atoms with van der Waals surface area (Å²) in [5.74, 6) is -0.861. The highest BCUT2D eigenvalue weighted by molar-refractivity contribution is 9.10. The summed E-state index contributed by atoms with van der Waals surface area (Å²) in [6.45, 7) is 0.801. The molecule has 0 aliphatic rings. The molecule has 0 aliphatic heterocycles. The molecule has 0 fully saturated rings. The van der Waals surface area contributed by atoms with Gasteiger partial charge in [0.2, 0.25) is 0 Å². The average molecular weight is 308 g/mol. The maximum Gasteiger partial charge on any atom is 0.323 e. The minimum Gasteiger partial charge on any atom is -0.480 e. The van der Waals surface area contributed by atoms with E-state index in [4.69, 9.17) is 9.84 Å². The highest BCUT2D eigenvalue weighted by Gasteiger charge is 2.22. The summed E-state index contributed by atoms with van der Waals surface area (Å²) in [4.78, 5) is 13.9. The molecule has 0 amide bonds. The number of ether oxygens (including phenoxy) is 1. The molecule has 1 N–H and O–H groups in total. The van der Waals surface area contributed by atoms with E-state index in [0.717, 1.165) is 9.35 Å². The molecule has 0 spiro atoms. The van der Waals surface area contributed by atoms with Crippen molar-refractivity contribution in [2.24, 2.45) is 0 Å². The third-order valence-corrected chi connectivity index (χ3v) is 3.85. The normalized spacial score (nSPS) is 13.0. The number of hydrogen-bond donors (Lipinski definition) is 1. The summed E-state index contributed by atoms with van der Waals surface area (Å²) < 4.78 is 5.93. The second kappa shape index (κ2) is 6.34. The molecule has 0 saturated carbocycles. The molecule has 90 valence electrons. The van der Waals surface area contributed by atoms with Gasteiger partial charge in [-0.05, 0) is 29.0 Å². The van der Waals surface area contributed by atoms with E-state index in [2.05, 4.69) is 15.9 Å². The van der Waals surface area contributed by atoms with E-state index in [9.17, 15) is 4.79 Å². The van der Waals surface area contributed by atoms with E-state index in [1.54, 1.807) is 23.3 Å². The molecule has 0 radical (unpaired) electrons. The van der Waals surface area contributed by atoms with Crippen LogP contribution in [0.25, 0.3) is 0 Å². The number of rotatable bonds is 6. The van der Waals surface area contributed by atoms with Crippen LogP contribution in [0.1, 0.15) is 4.88 Å². The molecule has 1 rings (SSSR count). The van der Waals surface area contributed by atoms with Crippen molar-refractivity contribution in [3.63, 3.8) is 0 Å². The van der Waals surface area contributed by atoms with Crippen molar-refractivity contribution in [2.75, 3.05) is 20.8 Å². The summed E-state index contributed by atoms with van der Waals surface area (Å²) in [5, 5.41) is 11.0. The molecule has 0 saturated heterocycles. The zero-order chi connectivity index (χ0) is 12.1. The molecule has 4 nitrogen and oxygen atoms in total. The van der Waals surface area contributed by atoms with Gasteiger partial charge in [0.05, 0.1) is 6.61 Å². The van der Waals surface area contributed by atoms with Crippen LogP contribution in [0.15, 0.2) is 15.9 Å². The molecule has 0 aliphatic carbocycles. The quantitative estimate of drug-likeness (QED) is 0.874. The van der Waals surface area contributed by atoms with Crippen LogP contribution < -0.4 is 0 Å². The Bertz CT molecular complexity index is 356. The predicted molar refractivity (Wildman–Crippen MR) is 66.8 cm³/mol. The zero-order valence-electron chi connectivity index (χ0n) is 9.14. The first kappa shape index (κ1) is 13.6. The van der Waals surface area contributed by atoms with Crippen molar-refractivity contribution in [1.29, 1.82) is 0 Å². The van der Waals surface area contributed by atoms with Crippen molar-refractivity contribution in [2.45, 2.75) is 12.6 Å². The Kier molecular flexibility index (Phi) is 5.40. The Labute approximate surface area is 107 Å². The predicted octanol–water partition coefficient (Wildman–Crippen LogP) is 2.04. The first-order chi connectivity index (χ1) is 7.54. The smallest absolute Gasteiger partial charge is 0.323 e. The van der Waals surface area contributed by atoms with Gasteiger partial charge in [0.15, 0.2) is 0 Å². The largest absolute Gasteiger partial charge is 0.480 e. The van der Waals surface area contributed by atoms with Crippen molar-refractivity contribution in [3.05, 3.63) is 20.8 Å². The molecule has 0 bridgehead atoms. The second-order valence-corrected chi connectivity index (χ2v) is 5.37. The molecule has 1 aromatic heterocycles. The minimum atomic E-state index is -0.861. The third kappa shape index (κ3) is 3.86. The van der Waals surface area contributed by atoms with Crippen LogP contribution in [0.2, 0.25) is 0 Å². The highest BCUT2D eigenvalue weighted by atomic mass is 79.9. The molecule has 1 atom stereocenters. The van der Waals surface area contributed by atoms with Crippen molar-refractivity contribution in [1.82, 2.24) is 4.90 Å². The van der Waals surface area contributed by atoms with E-state index < -0.39 is 12.0 Å². The first-order valence-corrected chi connectivity index (χ1v) is 6.36. The van der Waals surface area contributed by atoms with Crippen LogP contribution in [-0.2, 0) is 16.1 Å². The number of thiophene rings is 1. The van der Waals surface area contributed by atoms with Gasteiger partial charge in [-0.1, -0.05) is 0 Å². The van der Waals surface area contributed by atoms with E-state index in [0.29, 0.717) is 6.54 Å². The maximum atomic E-state index is 11.0. The lowest BCUT2D eigenvalue weighted by molar-refractivity contribution is -0.144. The van der Waals surface area contributed by atoms with Crippen LogP contribution >= 0.6 is 27.3 Å². The number of carboxylic acids is 1. The van der Waals surface area contributed by atoms with Crippen LogP contribution in [0.4, 0.5) is 0 Å². The zero-order valence-corrected chi connectivity index (χ0v) is 11.5. The van der Waals surface area contributed by atoms with Gasteiger partial charge in [-0.25, -0.2) is 0 Å². The van der Waals surface area contributed by atoms with Gasteiger partial charge in [-0.3, -0.25) is 9.69 Å². The van der Waals surface area contributed by atoms with Crippen LogP contribution in [0, 0.1) is 0 Å². The van der Waals surface area contributed by atoms with Crippen LogP contribution in [-0.4, -0.2) is 42.8 Å². The molecular formula is C10H14BrNO3S. The lowest BCUT2D eigenvalue weighted by Gasteiger charge is -2.23. The minimum absolute atomic E-state index is 0.193. The average Bonchev–Trinajstić information content (AvgIpc) is 2.59. The van der Waals surface area contributed by atoms with Crippen LogP contribution in [0.5, 0.6) is 0 Å². The highest BCUT2D eigenvalue weighted by Crippen LogP contribution is 2.21. The molecule has 1 heterocycles. The van der Waals surface area contributed by atoms with Gasteiger partial charge >= 0.3 is 5.97 Å². The van der Waals surface area contributed by atoms with E-state index in [1.165, 1.54) is 7.11 Å². The number of methoxy groups -OCH3 is 1. The molecule has 1 aromatic rings. The van der Waals surface area contributed by atoms with Gasteiger partial charge in [-0.15, -0.1) is 11.3 Å². The number of nitrogens with zero attached hydrogens (tertiary/aromatic N) is 1. The summed E-state index contributed by atoms with van der Waals surface area (Å²) in [6.07, 6.45) is 0. The van der Waals surface area contributed by atoms with Gasteiger partial charge in [0.25, 0.3) is 0 Å². The molecule has 0 aromatic carbocycles. The van der Waals surface area contributed by atoms with E-state index in [-0.39, 0.29) is 6.61 Å². The van der Waals surface area contributed by atoms with Crippen LogP contribution in [0.3, 0.4) is 0 Å². The van der Waals surface area contributed by atoms with Crippen molar-refractivity contribution < 1.29 is 14.6 Å². The van der Waals surface area contributed by atoms with Gasteiger partial charge < -0.3 is 9.84 Å². The maximum absolute atomic E-state index is 11.0. The fourth-order valence-electron chi connectivity index (χ4n) is 1.34. The summed E-state index contributed by atoms with van der Waals surface area (Å²) in [7, 11) is 3.29. The number of carboxylic acid groups (broad SMARTS) is 1. The second-order valence-electron chi connectivity index (χ2n) is 3.46. The monoisotopic (exact) mass is 307 g/mol. The van der Waals surface area contributed by atoms with E-state index in [1.807, 2.05) is 11.4 Å². The lowest BCUT2D eigenvalue weighted by atomic mass is 10.2. The standard InChI is InChI=1S/C10H14BrNO3S/c1-12(9(5-15-2)10(13)14)4-8-3-7(11)6-16-8/h3,6,9H,4-5H2,1-2H3,(H,13,14). The number of carbonyl (C=O) groups is 1. The topological polar surface area (TPSA) is 49.8 Å². The Morgan fingerprint density at radius 3 is 2.88 bits per heavy atom. The Balaban J connectivity index is 2.61. The Morgan fingerprint density at radius 1 is 1.75 bits per heavy atom. The number of aliphatic carboxylic acids is 1. The summed E-state index contributed by atoms with van der Waals surface area (Å²) >= 11 is 4.97. The molecule has 1 unspecified atom stereocenters. The number of halogens is 1. The summed E-state index contributed by atoms with van der Waals surface area (Å²) in [6, 6.07) is 1.39. The number of hydrogen-bond acceptors (Lipinski definition) is 4. The van der Waals surface area contributed by atoms with Gasteiger partial charge in [0, 0.05) is 28.4 Å². The Hall–Kier alpha value is -0.430. The Morgan fingerprint density at radius 2 is 2.44 bits per heavy atom. The fraction of sp³-hybridized carbons (Fsp3) is 0.500. The lowest BCUT2D eigenvalue weighted by Crippen LogP contribution is -2.41. The van der Waals surface area contributed by atoms with Gasteiger partial charge in [-0.2, -0.15) is 0 Å². The van der Waals surface area contributed by atoms with Crippen molar-refractivity contribution >= 4 is 33.2 Å².